The summed E-state index contributed by atoms with van der Waals surface area (Å²) in [6.07, 6.45) is 1.21. The molecule has 0 saturated heterocycles. The van der Waals surface area contributed by atoms with Crippen molar-refractivity contribution >= 4 is 6.09 Å². The molecule has 0 spiro atoms. The van der Waals surface area contributed by atoms with Crippen LogP contribution in [0.15, 0.2) is 47.2 Å². The topological polar surface area (TPSA) is 136 Å². The molecule has 2 N–H and O–H groups in total. The van der Waals surface area contributed by atoms with Crippen molar-refractivity contribution in [1.82, 2.24) is 4.90 Å². The van der Waals surface area contributed by atoms with Crippen molar-refractivity contribution in [2.45, 2.75) is 12.8 Å². The summed E-state index contributed by atoms with van der Waals surface area (Å²) < 4.78 is 10.3. The van der Waals surface area contributed by atoms with Crippen LogP contribution in [0.1, 0.15) is 18.4 Å². The number of nitrogens with zero attached hydrogens (tertiary/aromatic N) is 4. The molecule has 0 saturated carbocycles. The summed E-state index contributed by atoms with van der Waals surface area (Å²) in [7, 11) is 1.56. The van der Waals surface area contributed by atoms with Crippen molar-refractivity contribution in [2.75, 3.05) is 26.8 Å². The minimum absolute atomic E-state index is 0.0529. The van der Waals surface area contributed by atoms with Crippen molar-refractivity contribution in [1.29, 1.82) is 15.8 Å². The normalized spacial score (nSPS) is 22.0. The molecule has 1 aromatic rings. The average Bonchev–Trinajstić information content (AvgIpc) is 2.78. The Morgan fingerprint density at radius 1 is 1.27 bits per heavy atom. The predicted molar refractivity (Wildman–Crippen MR) is 106 cm³/mol. The Kier molecular flexibility index (Phi) is 5.67. The molecule has 1 aliphatic carbocycles. The molecular weight excluding hydrogens is 382 g/mol. The van der Waals surface area contributed by atoms with Crippen LogP contribution in [0.3, 0.4) is 0 Å². The number of hydrogen-bond donors (Lipinski definition) is 1. The maximum absolute atomic E-state index is 12.3. The second kappa shape index (κ2) is 8.19. The van der Waals surface area contributed by atoms with E-state index in [1.807, 2.05) is 24.3 Å². The highest BCUT2D eigenvalue weighted by Gasteiger charge is 2.53. The number of benzene rings is 1. The molecule has 8 heteroatoms. The van der Waals surface area contributed by atoms with Gasteiger partial charge in [0.25, 0.3) is 0 Å². The molecule has 0 bridgehead atoms. The monoisotopic (exact) mass is 403 g/mol. The Balaban J connectivity index is 2.20. The molecule has 0 fully saturated rings. The van der Waals surface area contributed by atoms with Crippen molar-refractivity contribution in [3.05, 3.63) is 52.7 Å². The molecule has 1 aliphatic heterocycles. The maximum Gasteiger partial charge on any atom is 0.410 e. The first-order valence-corrected chi connectivity index (χ1v) is 9.46. The SMILES string of the molecule is CCOC(=O)N1CC=C2[C@H](C1)[C@H](c1ccc(OC)cc1)C(C#N)=C(N)C2(C#N)C#N. The molecule has 0 unspecified atom stereocenters. The highest BCUT2D eigenvalue weighted by Crippen LogP contribution is 2.52. The first-order chi connectivity index (χ1) is 14.5. The van der Waals surface area contributed by atoms with Gasteiger partial charge in [0, 0.05) is 24.9 Å². The Morgan fingerprint density at radius 3 is 2.47 bits per heavy atom. The number of methoxy groups -OCH3 is 1. The summed E-state index contributed by atoms with van der Waals surface area (Å²) in [6.45, 7) is 2.35. The lowest BCUT2D eigenvalue weighted by atomic mass is 9.60. The van der Waals surface area contributed by atoms with E-state index < -0.39 is 23.3 Å². The number of rotatable bonds is 3. The Bertz CT molecular complexity index is 1020. The molecule has 2 aliphatic rings. The van der Waals surface area contributed by atoms with Crippen LogP contribution in [0.4, 0.5) is 4.79 Å². The quantitative estimate of drug-likeness (QED) is 0.766. The van der Waals surface area contributed by atoms with E-state index in [0.717, 1.165) is 5.56 Å². The number of allylic oxidation sites excluding steroid dienone is 2. The smallest absolute Gasteiger partial charge is 0.410 e. The van der Waals surface area contributed by atoms with Crippen LogP contribution in [0.2, 0.25) is 0 Å². The number of ether oxygens (including phenoxy) is 2. The summed E-state index contributed by atoms with van der Waals surface area (Å²) in [4.78, 5) is 13.8. The zero-order valence-corrected chi connectivity index (χ0v) is 16.8. The summed E-state index contributed by atoms with van der Waals surface area (Å²) in [6, 6.07) is 13.3. The first-order valence-electron chi connectivity index (χ1n) is 9.46. The van der Waals surface area contributed by atoms with Gasteiger partial charge >= 0.3 is 6.09 Å². The lowest BCUT2D eigenvalue weighted by Gasteiger charge is -2.44. The van der Waals surface area contributed by atoms with Gasteiger partial charge in [0.15, 0.2) is 0 Å². The van der Waals surface area contributed by atoms with E-state index in [0.29, 0.717) is 11.3 Å². The fraction of sp³-hybridized carbons (Fsp3) is 0.364. The predicted octanol–water partition coefficient (Wildman–Crippen LogP) is 2.58. The van der Waals surface area contributed by atoms with Crippen LogP contribution in [0.5, 0.6) is 5.75 Å². The Morgan fingerprint density at radius 2 is 1.93 bits per heavy atom. The average molecular weight is 403 g/mol. The zero-order valence-electron chi connectivity index (χ0n) is 16.8. The van der Waals surface area contributed by atoms with Crippen molar-refractivity contribution in [3.63, 3.8) is 0 Å². The highest BCUT2D eigenvalue weighted by molar-refractivity contribution is 5.69. The minimum Gasteiger partial charge on any atom is -0.497 e. The van der Waals surface area contributed by atoms with Gasteiger partial charge in [-0.25, -0.2) is 4.79 Å². The van der Waals surface area contributed by atoms with Crippen molar-refractivity contribution in [3.8, 4) is 24.0 Å². The van der Waals surface area contributed by atoms with E-state index in [-0.39, 0.29) is 31.0 Å². The fourth-order valence-electron chi connectivity index (χ4n) is 4.19. The maximum atomic E-state index is 12.3. The molecule has 0 aromatic heterocycles. The van der Waals surface area contributed by atoms with Gasteiger partial charge < -0.3 is 20.1 Å². The van der Waals surface area contributed by atoms with E-state index in [2.05, 4.69) is 6.07 Å². The van der Waals surface area contributed by atoms with Gasteiger partial charge in [-0.1, -0.05) is 18.2 Å². The summed E-state index contributed by atoms with van der Waals surface area (Å²) in [5.74, 6) is -0.335. The number of fused-ring (bicyclic) bond motifs is 1. The van der Waals surface area contributed by atoms with Crippen LogP contribution in [-0.4, -0.2) is 37.8 Å². The second-order valence-electron chi connectivity index (χ2n) is 7.03. The largest absolute Gasteiger partial charge is 0.497 e. The van der Waals surface area contributed by atoms with Crippen LogP contribution >= 0.6 is 0 Å². The number of carbonyl (C=O) groups is 1. The highest BCUT2D eigenvalue weighted by atomic mass is 16.6. The number of carbonyl (C=O) groups excluding carboxylic acids is 1. The summed E-state index contributed by atoms with van der Waals surface area (Å²) >= 11 is 0. The Labute approximate surface area is 175 Å². The van der Waals surface area contributed by atoms with Gasteiger partial charge in [-0.05, 0) is 30.2 Å². The van der Waals surface area contributed by atoms with Crippen molar-refractivity contribution in [2.24, 2.45) is 17.1 Å². The number of amides is 1. The van der Waals surface area contributed by atoms with E-state index in [9.17, 15) is 20.6 Å². The lowest BCUT2D eigenvalue weighted by molar-refractivity contribution is 0.102. The fourth-order valence-corrected chi connectivity index (χ4v) is 4.19. The second-order valence-corrected chi connectivity index (χ2v) is 7.03. The molecule has 8 nitrogen and oxygen atoms in total. The van der Waals surface area contributed by atoms with Gasteiger partial charge in [0.05, 0.1) is 43.2 Å². The van der Waals surface area contributed by atoms with Crippen LogP contribution in [-0.2, 0) is 4.74 Å². The third-order valence-corrected chi connectivity index (χ3v) is 5.65. The van der Waals surface area contributed by atoms with Gasteiger partial charge in [-0.15, -0.1) is 0 Å². The number of nitrogens with two attached hydrogens (primary N) is 1. The van der Waals surface area contributed by atoms with Gasteiger partial charge in [-0.2, -0.15) is 15.8 Å². The van der Waals surface area contributed by atoms with Crippen LogP contribution < -0.4 is 10.5 Å². The molecule has 30 heavy (non-hydrogen) atoms. The van der Waals surface area contributed by atoms with E-state index >= 15 is 0 Å². The van der Waals surface area contributed by atoms with Crippen molar-refractivity contribution < 1.29 is 14.3 Å². The van der Waals surface area contributed by atoms with Crippen LogP contribution in [0, 0.1) is 45.3 Å². The molecule has 2 atom stereocenters. The van der Waals surface area contributed by atoms with E-state index in [4.69, 9.17) is 15.2 Å². The molecule has 1 aromatic carbocycles. The lowest BCUT2D eigenvalue weighted by Crippen LogP contribution is -2.48. The van der Waals surface area contributed by atoms with Crippen LogP contribution in [0.25, 0.3) is 0 Å². The van der Waals surface area contributed by atoms with Gasteiger partial charge in [0.2, 0.25) is 5.41 Å². The standard InChI is InChI=1S/C22H21N5O3/c1-3-30-21(28)27-9-8-18-17(11-27)19(14-4-6-15(29-2)7-5-14)16(10-23)20(26)22(18,12-24)13-25/h4-8,17,19H,3,9,11,26H2,1-2H3/t17-,19+/m0/s1. The summed E-state index contributed by atoms with van der Waals surface area (Å²) in [5.41, 5.74) is 5.94. The van der Waals surface area contributed by atoms with E-state index in [1.54, 1.807) is 32.2 Å². The molecule has 1 heterocycles. The van der Waals surface area contributed by atoms with E-state index in [1.165, 1.54) is 4.90 Å². The summed E-state index contributed by atoms with van der Waals surface area (Å²) in [5, 5.41) is 29.7. The Hall–Kier alpha value is -3.96. The zero-order chi connectivity index (χ0) is 21.9. The van der Waals surface area contributed by atoms with Gasteiger partial charge in [0.1, 0.15) is 5.75 Å². The third-order valence-electron chi connectivity index (χ3n) is 5.65. The molecule has 152 valence electrons. The molecule has 1 amide bonds. The minimum atomic E-state index is -1.74. The molecular formula is C22H21N5O3. The van der Waals surface area contributed by atoms with Gasteiger partial charge in [-0.3, -0.25) is 0 Å². The number of nitriles is 3. The molecule has 3 rings (SSSR count). The number of hydrogen-bond acceptors (Lipinski definition) is 7. The first kappa shape index (κ1) is 20.8. The third kappa shape index (κ3) is 3.11. The molecule has 0 radical (unpaired) electrons.